The van der Waals surface area contributed by atoms with E-state index >= 15 is 0 Å². The van der Waals surface area contributed by atoms with E-state index in [-0.39, 0.29) is 17.2 Å². The summed E-state index contributed by atoms with van der Waals surface area (Å²) in [4.78, 5) is 35.9. The zero-order valence-corrected chi connectivity index (χ0v) is 14.7. The summed E-state index contributed by atoms with van der Waals surface area (Å²) >= 11 is 0. The first-order valence-electron chi connectivity index (χ1n) is 8.03. The molecule has 0 saturated carbocycles. The van der Waals surface area contributed by atoms with Crippen LogP contribution in [0.5, 0.6) is 0 Å². The van der Waals surface area contributed by atoms with Gasteiger partial charge in [-0.05, 0) is 24.1 Å². The van der Waals surface area contributed by atoms with Crippen LogP contribution in [0.25, 0.3) is 11.3 Å². The van der Waals surface area contributed by atoms with Crippen LogP contribution in [-0.4, -0.2) is 34.8 Å². The van der Waals surface area contributed by atoms with Gasteiger partial charge in [-0.25, -0.2) is 13.9 Å². The standard InChI is InChI=1S/C18H20FN3O4/c1-11(2)17(18(25)26-3)20-15(23)10-22-16(24)9-8-14(21-22)12-6-4-5-7-13(12)19/h4-9,11,17H,10H2,1-3H3,(H,20,23)/t17-/m1/s1. The number of carbonyl (C=O) groups is 2. The van der Waals surface area contributed by atoms with Crippen LogP contribution in [-0.2, 0) is 20.9 Å². The predicted octanol–water partition coefficient (Wildman–Crippen LogP) is 1.36. The van der Waals surface area contributed by atoms with E-state index in [1.54, 1.807) is 26.0 Å². The summed E-state index contributed by atoms with van der Waals surface area (Å²) in [6.07, 6.45) is 0. The molecule has 0 fully saturated rings. The SMILES string of the molecule is COC(=O)[C@H](NC(=O)Cn1nc(-c2ccccc2F)ccc1=O)C(C)C. The Morgan fingerprint density at radius 3 is 2.54 bits per heavy atom. The largest absolute Gasteiger partial charge is 0.467 e. The molecule has 1 aromatic heterocycles. The molecule has 1 N–H and O–H groups in total. The molecule has 1 atom stereocenters. The molecule has 0 aliphatic rings. The van der Waals surface area contributed by atoms with Gasteiger partial charge in [-0.2, -0.15) is 5.10 Å². The highest BCUT2D eigenvalue weighted by atomic mass is 19.1. The number of nitrogens with zero attached hydrogens (tertiary/aromatic N) is 2. The van der Waals surface area contributed by atoms with Crippen molar-refractivity contribution in [1.29, 1.82) is 0 Å². The topological polar surface area (TPSA) is 90.3 Å². The van der Waals surface area contributed by atoms with Crippen molar-refractivity contribution in [3.05, 3.63) is 52.6 Å². The van der Waals surface area contributed by atoms with Gasteiger partial charge < -0.3 is 10.1 Å². The van der Waals surface area contributed by atoms with Gasteiger partial charge >= 0.3 is 5.97 Å². The van der Waals surface area contributed by atoms with Crippen molar-refractivity contribution in [3.63, 3.8) is 0 Å². The first-order chi connectivity index (χ1) is 12.3. The normalized spacial score (nSPS) is 11.9. The van der Waals surface area contributed by atoms with Crippen LogP contribution in [0.2, 0.25) is 0 Å². The van der Waals surface area contributed by atoms with Gasteiger partial charge in [-0.15, -0.1) is 0 Å². The quantitative estimate of drug-likeness (QED) is 0.785. The minimum Gasteiger partial charge on any atom is -0.467 e. The van der Waals surface area contributed by atoms with Crippen LogP contribution < -0.4 is 10.9 Å². The van der Waals surface area contributed by atoms with Crippen molar-refractivity contribution < 1.29 is 18.7 Å². The van der Waals surface area contributed by atoms with Crippen molar-refractivity contribution in [2.45, 2.75) is 26.4 Å². The van der Waals surface area contributed by atoms with E-state index < -0.39 is 35.8 Å². The Balaban J connectivity index is 2.23. The van der Waals surface area contributed by atoms with E-state index in [1.165, 1.54) is 31.4 Å². The highest BCUT2D eigenvalue weighted by molar-refractivity contribution is 5.84. The molecule has 0 saturated heterocycles. The highest BCUT2D eigenvalue weighted by Gasteiger charge is 2.25. The van der Waals surface area contributed by atoms with Crippen molar-refractivity contribution >= 4 is 11.9 Å². The van der Waals surface area contributed by atoms with E-state index in [9.17, 15) is 18.8 Å². The van der Waals surface area contributed by atoms with Gasteiger partial charge in [-0.1, -0.05) is 26.0 Å². The summed E-state index contributed by atoms with van der Waals surface area (Å²) in [6, 6.07) is 7.76. The summed E-state index contributed by atoms with van der Waals surface area (Å²) < 4.78 is 19.5. The molecule has 1 aromatic carbocycles. The molecule has 7 nitrogen and oxygen atoms in total. The van der Waals surface area contributed by atoms with Gasteiger partial charge in [0, 0.05) is 11.6 Å². The number of hydrogen-bond acceptors (Lipinski definition) is 5. The Kier molecular flexibility index (Phi) is 6.21. The van der Waals surface area contributed by atoms with Gasteiger partial charge in [0.15, 0.2) is 0 Å². The molecule has 0 radical (unpaired) electrons. The molecule has 0 bridgehead atoms. The highest BCUT2D eigenvalue weighted by Crippen LogP contribution is 2.18. The molecule has 1 heterocycles. The molecule has 8 heteroatoms. The van der Waals surface area contributed by atoms with Crippen molar-refractivity contribution in [2.24, 2.45) is 5.92 Å². The lowest BCUT2D eigenvalue weighted by Crippen LogP contribution is -2.47. The Bertz CT molecular complexity index is 864. The maximum atomic E-state index is 13.9. The molecule has 1 amide bonds. The third-order valence-corrected chi connectivity index (χ3v) is 3.75. The second-order valence-corrected chi connectivity index (χ2v) is 6.01. The van der Waals surface area contributed by atoms with Crippen LogP contribution in [0.1, 0.15) is 13.8 Å². The Labute approximate surface area is 149 Å². The van der Waals surface area contributed by atoms with E-state index in [2.05, 4.69) is 15.2 Å². The molecule has 2 aromatic rings. The Morgan fingerprint density at radius 1 is 1.23 bits per heavy atom. The smallest absolute Gasteiger partial charge is 0.328 e. The van der Waals surface area contributed by atoms with Crippen LogP contribution >= 0.6 is 0 Å². The average molecular weight is 361 g/mol. The lowest BCUT2D eigenvalue weighted by Gasteiger charge is -2.19. The van der Waals surface area contributed by atoms with Crippen molar-refractivity contribution in [1.82, 2.24) is 15.1 Å². The molecule has 0 aliphatic heterocycles. The molecular weight excluding hydrogens is 341 g/mol. The summed E-state index contributed by atoms with van der Waals surface area (Å²) in [5.41, 5.74) is -0.0699. The van der Waals surface area contributed by atoms with E-state index in [0.29, 0.717) is 0 Å². The number of halogens is 1. The summed E-state index contributed by atoms with van der Waals surface area (Å²) in [6.45, 7) is 3.11. The Hall–Kier alpha value is -3.03. The van der Waals surface area contributed by atoms with E-state index in [4.69, 9.17) is 0 Å². The van der Waals surface area contributed by atoms with Crippen LogP contribution in [0.3, 0.4) is 0 Å². The van der Waals surface area contributed by atoms with Gasteiger partial charge in [0.2, 0.25) is 5.91 Å². The van der Waals surface area contributed by atoms with Crippen LogP contribution in [0.15, 0.2) is 41.2 Å². The number of benzene rings is 1. The fraction of sp³-hybridized carbons (Fsp3) is 0.333. The van der Waals surface area contributed by atoms with Gasteiger partial charge in [0.25, 0.3) is 5.56 Å². The molecular formula is C18H20FN3O4. The average Bonchev–Trinajstić information content (AvgIpc) is 2.61. The van der Waals surface area contributed by atoms with E-state index in [1.807, 2.05) is 0 Å². The summed E-state index contributed by atoms with van der Waals surface area (Å²) in [7, 11) is 1.23. The monoisotopic (exact) mass is 361 g/mol. The first-order valence-corrected chi connectivity index (χ1v) is 8.03. The molecule has 0 spiro atoms. The lowest BCUT2D eigenvalue weighted by atomic mass is 10.0. The second kappa shape index (κ2) is 8.37. The second-order valence-electron chi connectivity index (χ2n) is 6.01. The fourth-order valence-corrected chi connectivity index (χ4v) is 2.35. The zero-order chi connectivity index (χ0) is 19.3. The predicted molar refractivity (Wildman–Crippen MR) is 92.7 cm³/mol. The fourth-order valence-electron chi connectivity index (χ4n) is 2.35. The summed E-state index contributed by atoms with van der Waals surface area (Å²) in [5.74, 6) is -1.83. The number of rotatable bonds is 6. The van der Waals surface area contributed by atoms with Crippen LogP contribution in [0, 0.1) is 11.7 Å². The third kappa shape index (κ3) is 4.53. The zero-order valence-electron chi connectivity index (χ0n) is 14.7. The van der Waals surface area contributed by atoms with E-state index in [0.717, 1.165) is 4.68 Å². The maximum Gasteiger partial charge on any atom is 0.328 e. The molecule has 26 heavy (non-hydrogen) atoms. The number of hydrogen-bond donors (Lipinski definition) is 1. The van der Waals surface area contributed by atoms with Gasteiger partial charge in [0.05, 0.1) is 12.8 Å². The van der Waals surface area contributed by atoms with Crippen molar-refractivity contribution in [3.8, 4) is 11.3 Å². The van der Waals surface area contributed by atoms with Gasteiger partial charge in [0.1, 0.15) is 18.4 Å². The molecule has 138 valence electrons. The number of amides is 1. The van der Waals surface area contributed by atoms with Gasteiger partial charge in [-0.3, -0.25) is 9.59 Å². The number of carbonyl (C=O) groups excluding carboxylic acids is 2. The minimum atomic E-state index is -0.835. The maximum absolute atomic E-state index is 13.9. The number of aromatic nitrogens is 2. The number of methoxy groups -OCH3 is 1. The summed E-state index contributed by atoms with van der Waals surface area (Å²) in [5, 5.41) is 6.57. The number of nitrogens with one attached hydrogen (secondary N) is 1. The molecule has 0 aliphatic carbocycles. The minimum absolute atomic E-state index is 0.194. The number of ether oxygens (including phenoxy) is 1. The third-order valence-electron chi connectivity index (χ3n) is 3.75. The Morgan fingerprint density at radius 2 is 1.92 bits per heavy atom. The lowest BCUT2D eigenvalue weighted by molar-refractivity contribution is -0.146. The molecule has 0 unspecified atom stereocenters. The molecule has 2 rings (SSSR count). The van der Waals surface area contributed by atoms with Crippen molar-refractivity contribution in [2.75, 3.05) is 7.11 Å². The number of esters is 1. The van der Waals surface area contributed by atoms with Crippen LogP contribution in [0.4, 0.5) is 4.39 Å². The first kappa shape index (κ1) is 19.3.